The molecule has 1 aromatic carbocycles. The molecule has 1 aromatic rings. The summed E-state index contributed by atoms with van der Waals surface area (Å²) in [7, 11) is 0. The van der Waals surface area contributed by atoms with Gasteiger partial charge in [-0.15, -0.1) is 0 Å². The predicted octanol–water partition coefficient (Wildman–Crippen LogP) is 3.33. The summed E-state index contributed by atoms with van der Waals surface area (Å²) in [6, 6.07) is 8.65. The van der Waals surface area contributed by atoms with Gasteiger partial charge in [-0.05, 0) is 37.7 Å². The maximum atomic E-state index is 9.65. The fourth-order valence-corrected chi connectivity index (χ4v) is 1.60. The van der Waals surface area contributed by atoms with E-state index in [4.69, 9.17) is 0 Å². The molecule has 0 heterocycles. The summed E-state index contributed by atoms with van der Waals surface area (Å²) >= 11 is 0. The number of aliphatic hydroxyl groups excluding tert-OH is 1. The molecular formula is C14H22O. The Morgan fingerprint density at radius 3 is 2.27 bits per heavy atom. The molecule has 1 nitrogen and oxygen atoms in total. The van der Waals surface area contributed by atoms with Gasteiger partial charge in [-0.1, -0.05) is 43.7 Å². The quantitative estimate of drug-likeness (QED) is 0.783. The van der Waals surface area contributed by atoms with Gasteiger partial charge in [-0.25, -0.2) is 0 Å². The van der Waals surface area contributed by atoms with E-state index in [1.807, 2.05) is 0 Å². The predicted molar refractivity (Wildman–Crippen MR) is 65.0 cm³/mol. The summed E-state index contributed by atoms with van der Waals surface area (Å²) in [4.78, 5) is 0. The number of hydrogen-bond donors (Lipinski definition) is 1. The molecule has 1 rings (SSSR count). The van der Waals surface area contributed by atoms with Gasteiger partial charge >= 0.3 is 0 Å². The van der Waals surface area contributed by atoms with Gasteiger partial charge in [0, 0.05) is 0 Å². The summed E-state index contributed by atoms with van der Waals surface area (Å²) in [5, 5.41) is 9.65. The van der Waals surface area contributed by atoms with E-state index in [2.05, 4.69) is 45.0 Å². The first kappa shape index (κ1) is 12.3. The molecule has 0 spiro atoms. The summed E-state index contributed by atoms with van der Waals surface area (Å²) < 4.78 is 0. The third-order valence-corrected chi connectivity index (χ3v) is 2.86. The zero-order valence-corrected chi connectivity index (χ0v) is 10.0. The first-order valence-electron chi connectivity index (χ1n) is 5.83. The molecule has 0 aliphatic carbocycles. The van der Waals surface area contributed by atoms with E-state index in [1.165, 1.54) is 11.1 Å². The standard InChI is InChI=1S/C14H22O/c1-11(2)14(15)6-4-5-13-9-7-12(3)8-10-13/h7-11,14-15H,4-6H2,1-3H3. The summed E-state index contributed by atoms with van der Waals surface area (Å²) in [5.41, 5.74) is 2.68. The van der Waals surface area contributed by atoms with E-state index in [0.29, 0.717) is 5.92 Å². The highest BCUT2D eigenvalue weighted by molar-refractivity contribution is 5.21. The molecule has 1 unspecified atom stereocenters. The Bertz CT molecular complexity index is 274. The van der Waals surface area contributed by atoms with Gasteiger partial charge in [-0.2, -0.15) is 0 Å². The van der Waals surface area contributed by atoms with E-state index >= 15 is 0 Å². The highest BCUT2D eigenvalue weighted by Gasteiger charge is 2.07. The summed E-state index contributed by atoms with van der Waals surface area (Å²) in [5.74, 6) is 0.378. The number of hydrogen-bond acceptors (Lipinski definition) is 1. The molecule has 0 saturated carbocycles. The monoisotopic (exact) mass is 206 g/mol. The minimum atomic E-state index is -0.143. The van der Waals surface area contributed by atoms with Crippen molar-refractivity contribution in [3.8, 4) is 0 Å². The first-order valence-corrected chi connectivity index (χ1v) is 5.83. The van der Waals surface area contributed by atoms with Crippen molar-refractivity contribution in [2.75, 3.05) is 0 Å². The van der Waals surface area contributed by atoms with Crippen molar-refractivity contribution in [1.82, 2.24) is 0 Å². The van der Waals surface area contributed by atoms with Crippen molar-refractivity contribution < 1.29 is 5.11 Å². The number of aliphatic hydroxyl groups is 1. The molecule has 0 aliphatic rings. The van der Waals surface area contributed by atoms with Crippen molar-refractivity contribution in [1.29, 1.82) is 0 Å². The van der Waals surface area contributed by atoms with Crippen LogP contribution < -0.4 is 0 Å². The van der Waals surface area contributed by atoms with E-state index < -0.39 is 0 Å². The average molecular weight is 206 g/mol. The first-order chi connectivity index (χ1) is 7.09. The molecule has 0 bridgehead atoms. The fraction of sp³-hybridized carbons (Fsp3) is 0.571. The average Bonchev–Trinajstić information content (AvgIpc) is 2.20. The van der Waals surface area contributed by atoms with Gasteiger partial charge < -0.3 is 5.11 Å². The highest BCUT2D eigenvalue weighted by atomic mass is 16.3. The van der Waals surface area contributed by atoms with Crippen molar-refractivity contribution >= 4 is 0 Å². The lowest BCUT2D eigenvalue weighted by Gasteiger charge is -2.13. The van der Waals surface area contributed by atoms with Gasteiger partial charge in [0.15, 0.2) is 0 Å². The molecule has 84 valence electrons. The summed E-state index contributed by atoms with van der Waals surface area (Å²) in [6.45, 7) is 6.24. The lowest BCUT2D eigenvalue weighted by Crippen LogP contribution is -2.14. The van der Waals surface area contributed by atoms with Crippen LogP contribution in [0.15, 0.2) is 24.3 Å². The fourth-order valence-electron chi connectivity index (χ4n) is 1.60. The van der Waals surface area contributed by atoms with Crippen LogP contribution in [0.2, 0.25) is 0 Å². The van der Waals surface area contributed by atoms with Crippen LogP contribution in [0.4, 0.5) is 0 Å². The van der Waals surface area contributed by atoms with Crippen LogP contribution >= 0.6 is 0 Å². The zero-order valence-electron chi connectivity index (χ0n) is 10.0. The van der Waals surface area contributed by atoms with E-state index in [0.717, 1.165) is 19.3 Å². The van der Waals surface area contributed by atoms with Gasteiger partial charge in [0.25, 0.3) is 0 Å². The van der Waals surface area contributed by atoms with Crippen LogP contribution in [0.1, 0.15) is 37.8 Å². The van der Waals surface area contributed by atoms with E-state index in [-0.39, 0.29) is 6.10 Å². The summed E-state index contributed by atoms with van der Waals surface area (Å²) in [6.07, 6.45) is 2.91. The van der Waals surface area contributed by atoms with Crippen molar-refractivity contribution in [2.24, 2.45) is 5.92 Å². The van der Waals surface area contributed by atoms with Gasteiger partial charge in [0.2, 0.25) is 0 Å². The Balaban J connectivity index is 2.29. The Hall–Kier alpha value is -0.820. The minimum Gasteiger partial charge on any atom is -0.393 e. The largest absolute Gasteiger partial charge is 0.393 e. The van der Waals surface area contributed by atoms with Gasteiger partial charge in [0.05, 0.1) is 6.10 Å². The zero-order chi connectivity index (χ0) is 11.3. The van der Waals surface area contributed by atoms with Crippen LogP contribution in [-0.4, -0.2) is 11.2 Å². The molecule has 1 atom stereocenters. The Morgan fingerprint density at radius 2 is 1.73 bits per heavy atom. The molecule has 0 aromatic heterocycles. The van der Waals surface area contributed by atoms with Crippen molar-refractivity contribution in [2.45, 2.75) is 46.1 Å². The van der Waals surface area contributed by atoms with E-state index in [1.54, 1.807) is 0 Å². The second-order valence-electron chi connectivity index (χ2n) is 4.69. The smallest absolute Gasteiger partial charge is 0.0563 e. The second-order valence-corrected chi connectivity index (χ2v) is 4.69. The minimum absolute atomic E-state index is 0.143. The molecule has 0 fully saturated rings. The molecule has 0 amide bonds. The molecule has 0 radical (unpaired) electrons. The molecular weight excluding hydrogens is 184 g/mol. The maximum Gasteiger partial charge on any atom is 0.0563 e. The Morgan fingerprint density at radius 1 is 1.13 bits per heavy atom. The Labute approximate surface area is 93.1 Å². The van der Waals surface area contributed by atoms with Crippen LogP contribution in [0.5, 0.6) is 0 Å². The molecule has 1 heteroatoms. The third kappa shape index (κ3) is 4.48. The SMILES string of the molecule is Cc1ccc(CCCC(O)C(C)C)cc1. The van der Waals surface area contributed by atoms with Gasteiger partial charge in [-0.3, -0.25) is 0 Å². The lowest BCUT2D eigenvalue weighted by molar-refractivity contribution is 0.114. The number of benzene rings is 1. The number of rotatable bonds is 5. The van der Waals surface area contributed by atoms with Crippen LogP contribution in [0, 0.1) is 12.8 Å². The lowest BCUT2D eigenvalue weighted by atomic mass is 9.99. The van der Waals surface area contributed by atoms with Crippen molar-refractivity contribution in [3.63, 3.8) is 0 Å². The highest BCUT2D eigenvalue weighted by Crippen LogP contribution is 2.12. The second kappa shape index (κ2) is 5.92. The molecule has 0 saturated heterocycles. The number of aryl methyl sites for hydroxylation is 2. The van der Waals surface area contributed by atoms with Gasteiger partial charge in [0.1, 0.15) is 0 Å². The molecule has 0 aliphatic heterocycles. The molecule has 15 heavy (non-hydrogen) atoms. The normalized spacial score (nSPS) is 13.1. The maximum absolute atomic E-state index is 9.65. The van der Waals surface area contributed by atoms with Crippen LogP contribution in [0.3, 0.4) is 0 Å². The topological polar surface area (TPSA) is 20.2 Å². The van der Waals surface area contributed by atoms with Crippen molar-refractivity contribution in [3.05, 3.63) is 35.4 Å². The third-order valence-electron chi connectivity index (χ3n) is 2.86. The Kier molecular flexibility index (Phi) is 4.83. The van der Waals surface area contributed by atoms with Crippen LogP contribution in [0.25, 0.3) is 0 Å². The van der Waals surface area contributed by atoms with Crippen LogP contribution in [-0.2, 0) is 6.42 Å². The van der Waals surface area contributed by atoms with E-state index in [9.17, 15) is 5.11 Å². The molecule has 1 N–H and O–H groups in total.